The molecule has 3 aromatic rings. The molecule has 27 heavy (non-hydrogen) atoms. The van der Waals surface area contributed by atoms with Crippen molar-refractivity contribution in [1.29, 1.82) is 0 Å². The number of aromatic hydroxyl groups is 1. The van der Waals surface area contributed by atoms with Gasteiger partial charge in [-0.15, -0.1) is 0 Å². The number of ether oxygens (including phenoxy) is 1. The molecule has 1 N–H and O–H groups in total. The molecule has 6 nitrogen and oxygen atoms in total. The summed E-state index contributed by atoms with van der Waals surface area (Å²) >= 11 is 0. The van der Waals surface area contributed by atoms with Crippen molar-refractivity contribution < 1.29 is 29.2 Å². The standard InChI is InChI=1S/C21H16O6/c1-25-19-12-11-15(22)13-18(19)16-9-5-6-10-17(16)21(24)27-26-20(23)14-7-3-2-4-8-14/h2-13,22H,1H3. The van der Waals surface area contributed by atoms with Crippen LogP contribution in [0.1, 0.15) is 20.7 Å². The number of rotatable bonds is 4. The molecule has 3 aromatic carbocycles. The van der Waals surface area contributed by atoms with Crippen LogP contribution in [0, 0.1) is 0 Å². The zero-order chi connectivity index (χ0) is 19.2. The second-order valence-corrected chi connectivity index (χ2v) is 5.54. The van der Waals surface area contributed by atoms with Crippen molar-refractivity contribution in [2.75, 3.05) is 7.11 Å². The van der Waals surface area contributed by atoms with Gasteiger partial charge in [-0.2, -0.15) is 0 Å². The third kappa shape index (κ3) is 4.07. The second-order valence-electron chi connectivity index (χ2n) is 5.54. The van der Waals surface area contributed by atoms with Gasteiger partial charge in [0.25, 0.3) is 0 Å². The summed E-state index contributed by atoms with van der Waals surface area (Å²) in [6, 6.07) is 19.3. The first-order valence-corrected chi connectivity index (χ1v) is 8.05. The topological polar surface area (TPSA) is 82.1 Å². The molecule has 6 heteroatoms. The van der Waals surface area contributed by atoms with Gasteiger partial charge in [0.2, 0.25) is 0 Å². The average Bonchev–Trinajstić information content (AvgIpc) is 2.72. The van der Waals surface area contributed by atoms with E-state index in [9.17, 15) is 14.7 Å². The normalized spacial score (nSPS) is 10.1. The molecule has 136 valence electrons. The number of phenols is 1. The Kier molecular flexibility index (Phi) is 5.37. The summed E-state index contributed by atoms with van der Waals surface area (Å²) in [6.45, 7) is 0. The monoisotopic (exact) mass is 364 g/mol. The average molecular weight is 364 g/mol. The maximum atomic E-state index is 12.5. The van der Waals surface area contributed by atoms with Gasteiger partial charge in [-0.05, 0) is 36.4 Å². The van der Waals surface area contributed by atoms with E-state index in [-0.39, 0.29) is 16.9 Å². The molecule has 0 aliphatic carbocycles. The Hall–Kier alpha value is -3.80. The zero-order valence-electron chi connectivity index (χ0n) is 14.4. The van der Waals surface area contributed by atoms with Crippen LogP contribution in [0.2, 0.25) is 0 Å². The van der Waals surface area contributed by atoms with Crippen molar-refractivity contribution in [3.8, 4) is 22.6 Å². The molecule has 0 radical (unpaired) electrons. The number of carbonyl (C=O) groups is 2. The molecular weight excluding hydrogens is 348 g/mol. The van der Waals surface area contributed by atoms with E-state index in [0.717, 1.165) is 0 Å². The lowest BCUT2D eigenvalue weighted by Crippen LogP contribution is -2.12. The van der Waals surface area contributed by atoms with E-state index >= 15 is 0 Å². The number of phenolic OH excluding ortho intramolecular Hbond substituents is 1. The zero-order valence-corrected chi connectivity index (χ0v) is 14.4. The van der Waals surface area contributed by atoms with Crippen LogP contribution in [0.15, 0.2) is 72.8 Å². The van der Waals surface area contributed by atoms with Gasteiger partial charge < -0.3 is 9.84 Å². The van der Waals surface area contributed by atoms with Gasteiger partial charge in [0.05, 0.1) is 18.2 Å². The first-order chi connectivity index (χ1) is 13.1. The Morgan fingerprint density at radius 3 is 2.19 bits per heavy atom. The lowest BCUT2D eigenvalue weighted by Gasteiger charge is -2.12. The fourth-order valence-corrected chi connectivity index (χ4v) is 2.55. The van der Waals surface area contributed by atoms with Crippen molar-refractivity contribution in [1.82, 2.24) is 0 Å². The van der Waals surface area contributed by atoms with Gasteiger partial charge in [0, 0.05) is 11.1 Å². The van der Waals surface area contributed by atoms with Gasteiger partial charge >= 0.3 is 11.9 Å². The van der Waals surface area contributed by atoms with Crippen molar-refractivity contribution in [2.24, 2.45) is 0 Å². The molecule has 0 fully saturated rings. The highest BCUT2D eigenvalue weighted by molar-refractivity contribution is 5.98. The summed E-state index contributed by atoms with van der Waals surface area (Å²) < 4.78 is 5.30. The van der Waals surface area contributed by atoms with Crippen LogP contribution in [0.3, 0.4) is 0 Å². The van der Waals surface area contributed by atoms with Crippen molar-refractivity contribution in [3.63, 3.8) is 0 Å². The summed E-state index contributed by atoms with van der Waals surface area (Å²) in [5.74, 6) is -1.14. The van der Waals surface area contributed by atoms with Crippen LogP contribution < -0.4 is 4.74 Å². The van der Waals surface area contributed by atoms with Crippen LogP contribution >= 0.6 is 0 Å². The lowest BCUT2D eigenvalue weighted by atomic mass is 9.98. The van der Waals surface area contributed by atoms with Crippen LogP contribution in [0.25, 0.3) is 11.1 Å². The van der Waals surface area contributed by atoms with Gasteiger partial charge in [-0.3, -0.25) is 0 Å². The van der Waals surface area contributed by atoms with Crippen LogP contribution in [-0.4, -0.2) is 24.2 Å². The number of hydrogen-bond acceptors (Lipinski definition) is 6. The molecule has 0 saturated carbocycles. The predicted octanol–water partition coefficient (Wildman–Crippen LogP) is 4.00. The Labute approximate surface area is 155 Å². The van der Waals surface area contributed by atoms with E-state index in [1.54, 1.807) is 54.6 Å². The molecular formula is C21H16O6. The van der Waals surface area contributed by atoms with Crippen LogP contribution in [-0.2, 0) is 9.78 Å². The van der Waals surface area contributed by atoms with E-state index in [0.29, 0.717) is 16.9 Å². The molecule has 0 spiro atoms. The molecule has 0 amide bonds. The molecule has 0 bridgehead atoms. The molecule has 3 rings (SSSR count). The highest BCUT2D eigenvalue weighted by Gasteiger charge is 2.20. The molecule has 0 aliphatic rings. The third-order valence-corrected chi connectivity index (χ3v) is 3.82. The predicted molar refractivity (Wildman–Crippen MR) is 97.4 cm³/mol. The third-order valence-electron chi connectivity index (χ3n) is 3.82. The van der Waals surface area contributed by atoms with Gasteiger partial charge in [-0.25, -0.2) is 19.4 Å². The van der Waals surface area contributed by atoms with Gasteiger partial charge in [0.1, 0.15) is 11.5 Å². The van der Waals surface area contributed by atoms with Crippen molar-refractivity contribution in [3.05, 3.63) is 83.9 Å². The quantitative estimate of drug-likeness (QED) is 0.557. The summed E-state index contributed by atoms with van der Waals surface area (Å²) in [5.41, 5.74) is 1.38. The highest BCUT2D eigenvalue weighted by Crippen LogP contribution is 2.35. The summed E-state index contributed by atoms with van der Waals surface area (Å²) in [7, 11) is 1.48. The Morgan fingerprint density at radius 1 is 0.778 bits per heavy atom. The SMILES string of the molecule is COc1ccc(O)cc1-c1ccccc1C(=O)OOC(=O)c1ccccc1. The van der Waals surface area contributed by atoms with E-state index in [2.05, 4.69) is 4.89 Å². The maximum absolute atomic E-state index is 12.5. The smallest absolute Gasteiger partial charge is 0.386 e. The second kappa shape index (κ2) is 8.05. The van der Waals surface area contributed by atoms with E-state index < -0.39 is 11.9 Å². The number of benzene rings is 3. The molecule has 0 unspecified atom stereocenters. The molecule has 0 heterocycles. The minimum atomic E-state index is -0.847. The fourth-order valence-electron chi connectivity index (χ4n) is 2.55. The first kappa shape index (κ1) is 18.0. The van der Waals surface area contributed by atoms with E-state index in [1.807, 2.05) is 0 Å². The summed E-state index contributed by atoms with van der Waals surface area (Å²) in [5, 5.41) is 9.78. The van der Waals surface area contributed by atoms with Gasteiger partial charge in [-0.1, -0.05) is 36.4 Å². The van der Waals surface area contributed by atoms with Crippen molar-refractivity contribution in [2.45, 2.75) is 0 Å². The molecule has 0 saturated heterocycles. The first-order valence-electron chi connectivity index (χ1n) is 8.05. The molecule has 0 atom stereocenters. The summed E-state index contributed by atoms with van der Waals surface area (Å²) in [4.78, 5) is 33.7. The molecule has 0 aliphatic heterocycles. The maximum Gasteiger partial charge on any atom is 0.386 e. The number of methoxy groups -OCH3 is 1. The highest BCUT2D eigenvalue weighted by atomic mass is 17.2. The Bertz CT molecular complexity index is 965. The minimum Gasteiger partial charge on any atom is -0.508 e. The van der Waals surface area contributed by atoms with Crippen LogP contribution in [0.4, 0.5) is 0 Å². The Morgan fingerprint density at radius 2 is 1.44 bits per heavy atom. The lowest BCUT2D eigenvalue weighted by molar-refractivity contribution is -0.187. The van der Waals surface area contributed by atoms with Gasteiger partial charge in [0.15, 0.2) is 0 Å². The number of hydrogen-bond donors (Lipinski definition) is 1. The number of carbonyl (C=O) groups excluding carboxylic acids is 2. The van der Waals surface area contributed by atoms with Crippen LogP contribution in [0.5, 0.6) is 11.5 Å². The molecule has 0 aromatic heterocycles. The largest absolute Gasteiger partial charge is 0.508 e. The Balaban J connectivity index is 1.85. The fraction of sp³-hybridized carbons (Fsp3) is 0.0476. The summed E-state index contributed by atoms with van der Waals surface area (Å²) in [6.07, 6.45) is 0. The van der Waals surface area contributed by atoms with E-state index in [4.69, 9.17) is 9.62 Å². The van der Waals surface area contributed by atoms with E-state index in [1.165, 1.54) is 25.3 Å². The minimum absolute atomic E-state index is 0.0180. The van der Waals surface area contributed by atoms with Crippen molar-refractivity contribution >= 4 is 11.9 Å².